The zero-order valence-corrected chi connectivity index (χ0v) is 13.3. The number of rotatable bonds is 4. The number of methoxy groups -OCH3 is 1. The molecule has 0 unspecified atom stereocenters. The number of aromatic nitrogens is 3. The van der Waals surface area contributed by atoms with E-state index in [0.29, 0.717) is 16.6 Å². The van der Waals surface area contributed by atoms with Crippen molar-refractivity contribution in [1.29, 1.82) is 0 Å². The van der Waals surface area contributed by atoms with Crippen LogP contribution >= 0.6 is 11.3 Å². The number of hydrogen-bond acceptors (Lipinski definition) is 7. The van der Waals surface area contributed by atoms with E-state index in [9.17, 15) is 4.39 Å². The Labute approximate surface area is 139 Å². The zero-order valence-electron chi connectivity index (χ0n) is 12.5. The highest BCUT2D eigenvalue weighted by Crippen LogP contribution is 2.31. The molecule has 0 spiro atoms. The van der Waals surface area contributed by atoms with E-state index in [-0.39, 0.29) is 11.8 Å². The van der Waals surface area contributed by atoms with E-state index in [4.69, 9.17) is 9.15 Å². The maximum absolute atomic E-state index is 13.0. The molecular formula is C16H11FN4O2S. The Bertz CT molecular complexity index is 997. The Kier molecular flexibility index (Phi) is 3.58. The molecule has 0 fully saturated rings. The van der Waals surface area contributed by atoms with Gasteiger partial charge in [-0.3, -0.25) is 5.32 Å². The van der Waals surface area contributed by atoms with Crippen LogP contribution in [0.15, 0.2) is 46.9 Å². The van der Waals surface area contributed by atoms with Crippen LogP contribution in [-0.4, -0.2) is 22.3 Å². The van der Waals surface area contributed by atoms with Gasteiger partial charge in [-0.2, -0.15) is 0 Å². The van der Waals surface area contributed by atoms with E-state index in [1.807, 2.05) is 18.2 Å². The number of nitrogens with zero attached hydrogens (tertiary/aromatic N) is 3. The van der Waals surface area contributed by atoms with Crippen molar-refractivity contribution in [3.05, 3.63) is 48.3 Å². The lowest BCUT2D eigenvalue weighted by molar-refractivity contribution is 0.415. The van der Waals surface area contributed by atoms with Crippen molar-refractivity contribution in [2.75, 3.05) is 12.4 Å². The lowest BCUT2D eigenvalue weighted by atomic mass is 10.2. The Hall–Kier alpha value is -3.00. The molecule has 0 aliphatic rings. The van der Waals surface area contributed by atoms with Crippen LogP contribution in [0.25, 0.3) is 21.7 Å². The molecule has 6 nitrogen and oxygen atoms in total. The van der Waals surface area contributed by atoms with E-state index < -0.39 is 0 Å². The number of fused-ring (bicyclic) bond motifs is 1. The summed E-state index contributed by atoms with van der Waals surface area (Å²) in [5.74, 6) is 0.734. The van der Waals surface area contributed by atoms with Crippen LogP contribution in [-0.2, 0) is 0 Å². The summed E-state index contributed by atoms with van der Waals surface area (Å²) in [6.45, 7) is 0. The number of benzene rings is 2. The van der Waals surface area contributed by atoms with Crippen LogP contribution in [0.4, 0.5) is 15.5 Å². The van der Waals surface area contributed by atoms with Gasteiger partial charge < -0.3 is 9.15 Å². The minimum absolute atomic E-state index is 0.223. The number of nitrogens with one attached hydrogen (secondary N) is 1. The largest absolute Gasteiger partial charge is 0.497 e. The molecule has 0 aliphatic carbocycles. The van der Waals surface area contributed by atoms with Crippen LogP contribution < -0.4 is 10.1 Å². The van der Waals surface area contributed by atoms with Crippen LogP contribution in [0.5, 0.6) is 5.75 Å². The van der Waals surface area contributed by atoms with Crippen molar-refractivity contribution >= 4 is 32.7 Å². The van der Waals surface area contributed by atoms with Gasteiger partial charge in [-0.15, -0.1) is 5.10 Å². The highest BCUT2D eigenvalue weighted by Gasteiger charge is 2.11. The SMILES string of the molecule is COc1ccc2sc(Nc3nnc(-c4ccc(F)cc4)o3)nc2c1. The second kappa shape index (κ2) is 5.89. The fourth-order valence-corrected chi connectivity index (χ4v) is 3.00. The smallest absolute Gasteiger partial charge is 0.322 e. The number of thiazole rings is 1. The van der Waals surface area contributed by atoms with E-state index in [0.717, 1.165) is 16.0 Å². The third kappa shape index (κ3) is 2.79. The van der Waals surface area contributed by atoms with Crippen LogP contribution in [0.2, 0.25) is 0 Å². The molecule has 0 radical (unpaired) electrons. The van der Waals surface area contributed by atoms with Crippen molar-refractivity contribution < 1.29 is 13.5 Å². The Balaban J connectivity index is 1.58. The third-order valence-corrected chi connectivity index (χ3v) is 4.28. The van der Waals surface area contributed by atoms with Gasteiger partial charge in [0, 0.05) is 11.6 Å². The van der Waals surface area contributed by atoms with Gasteiger partial charge in [0.1, 0.15) is 11.6 Å². The summed E-state index contributed by atoms with van der Waals surface area (Å²) in [7, 11) is 1.61. The minimum atomic E-state index is -0.318. The number of anilines is 2. The minimum Gasteiger partial charge on any atom is -0.497 e. The first kappa shape index (κ1) is 14.6. The molecule has 2 heterocycles. The maximum Gasteiger partial charge on any atom is 0.322 e. The number of hydrogen-bond donors (Lipinski definition) is 1. The molecule has 8 heteroatoms. The van der Waals surface area contributed by atoms with E-state index >= 15 is 0 Å². The quantitative estimate of drug-likeness (QED) is 0.598. The molecule has 2 aromatic heterocycles. The van der Waals surface area contributed by atoms with Crippen LogP contribution in [0.1, 0.15) is 0 Å². The molecule has 0 atom stereocenters. The van der Waals surface area contributed by atoms with Gasteiger partial charge >= 0.3 is 6.01 Å². The normalized spacial score (nSPS) is 10.9. The number of ether oxygens (including phenoxy) is 1. The first-order chi connectivity index (χ1) is 11.7. The van der Waals surface area contributed by atoms with Gasteiger partial charge in [0.05, 0.1) is 17.3 Å². The fourth-order valence-electron chi connectivity index (χ4n) is 2.16. The summed E-state index contributed by atoms with van der Waals surface area (Å²) in [5.41, 5.74) is 1.46. The molecule has 0 amide bonds. The summed E-state index contributed by atoms with van der Waals surface area (Å²) < 4.78 is 24.7. The Morgan fingerprint density at radius 2 is 1.96 bits per heavy atom. The van der Waals surface area contributed by atoms with Crippen LogP contribution in [0.3, 0.4) is 0 Å². The fraction of sp³-hybridized carbons (Fsp3) is 0.0625. The first-order valence-corrected chi connectivity index (χ1v) is 7.84. The highest BCUT2D eigenvalue weighted by molar-refractivity contribution is 7.22. The molecule has 120 valence electrons. The molecule has 1 N–H and O–H groups in total. The number of halogens is 1. The molecule has 4 aromatic rings. The maximum atomic E-state index is 13.0. The van der Waals surface area contributed by atoms with Crippen molar-refractivity contribution in [2.24, 2.45) is 0 Å². The molecule has 0 saturated heterocycles. The third-order valence-electron chi connectivity index (χ3n) is 3.32. The second-order valence-electron chi connectivity index (χ2n) is 4.90. The topological polar surface area (TPSA) is 73.1 Å². The molecule has 4 rings (SSSR count). The Morgan fingerprint density at radius 1 is 1.12 bits per heavy atom. The molecule has 2 aromatic carbocycles. The lowest BCUT2D eigenvalue weighted by Crippen LogP contribution is -1.88. The van der Waals surface area contributed by atoms with Crippen molar-refractivity contribution in [1.82, 2.24) is 15.2 Å². The molecular weight excluding hydrogens is 331 g/mol. The highest BCUT2D eigenvalue weighted by atomic mass is 32.1. The second-order valence-corrected chi connectivity index (χ2v) is 5.93. The van der Waals surface area contributed by atoms with Gasteiger partial charge in [0.15, 0.2) is 5.13 Å². The molecule has 0 bridgehead atoms. The van der Waals surface area contributed by atoms with E-state index in [2.05, 4.69) is 20.5 Å². The molecule has 24 heavy (non-hydrogen) atoms. The summed E-state index contributed by atoms with van der Waals surface area (Å²) in [4.78, 5) is 4.46. The first-order valence-electron chi connectivity index (χ1n) is 7.02. The van der Waals surface area contributed by atoms with Gasteiger partial charge in [0.2, 0.25) is 5.89 Å². The van der Waals surface area contributed by atoms with Gasteiger partial charge in [-0.05, 0) is 36.4 Å². The van der Waals surface area contributed by atoms with Crippen LogP contribution in [0, 0.1) is 5.82 Å². The summed E-state index contributed by atoms with van der Waals surface area (Å²) in [5, 5.41) is 11.5. The summed E-state index contributed by atoms with van der Waals surface area (Å²) in [6, 6.07) is 11.7. The predicted molar refractivity (Wildman–Crippen MR) is 89.1 cm³/mol. The van der Waals surface area contributed by atoms with Gasteiger partial charge in [-0.1, -0.05) is 16.4 Å². The molecule has 0 aliphatic heterocycles. The zero-order chi connectivity index (χ0) is 16.5. The Morgan fingerprint density at radius 3 is 2.75 bits per heavy atom. The van der Waals surface area contributed by atoms with Gasteiger partial charge in [0.25, 0.3) is 0 Å². The van der Waals surface area contributed by atoms with Gasteiger partial charge in [-0.25, -0.2) is 9.37 Å². The predicted octanol–water partition coefficient (Wildman–Crippen LogP) is 4.24. The van der Waals surface area contributed by atoms with Crippen molar-refractivity contribution in [3.63, 3.8) is 0 Å². The average Bonchev–Trinajstić information content (AvgIpc) is 3.21. The summed E-state index contributed by atoms with van der Waals surface area (Å²) >= 11 is 1.46. The monoisotopic (exact) mass is 342 g/mol. The lowest BCUT2D eigenvalue weighted by Gasteiger charge is -1.96. The average molecular weight is 342 g/mol. The van der Waals surface area contributed by atoms with E-state index in [1.165, 1.54) is 23.5 Å². The van der Waals surface area contributed by atoms with E-state index in [1.54, 1.807) is 19.2 Å². The summed E-state index contributed by atoms with van der Waals surface area (Å²) in [6.07, 6.45) is 0. The standard InChI is InChI=1S/C16H11FN4O2S/c1-22-11-6-7-13-12(8-11)18-16(24-13)19-15-21-20-14(23-15)9-2-4-10(17)5-3-9/h2-8H,1H3,(H,18,19,21). The van der Waals surface area contributed by atoms with Crippen molar-refractivity contribution in [2.45, 2.75) is 0 Å². The molecule has 0 saturated carbocycles. The van der Waals surface area contributed by atoms with Crippen molar-refractivity contribution in [3.8, 4) is 17.2 Å².